The van der Waals surface area contributed by atoms with Crippen LogP contribution in [-0.2, 0) is 23.0 Å². The summed E-state index contributed by atoms with van der Waals surface area (Å²) in [6, 6.07) is 9.66. The third kappa shape index (κ3) is 5.64. The largest absolute Gasteiger partial charge is 0.299 e. The van der Waals surface area contributed by atoms with E-state index in [0.29, 0.717) is 18.6 Å². The fraction of sp³-hybridized carbons (Fsp3) is 0.368. The molecule has 2 aromatic carbocycles. The highest BCUT2D eigenvalue weighted by atomic mass is 35.5. The van der Waals surface area contributed by atoms with Gasteiger partial charge in [-0.15, -0.1) is 12.4 Å². The lowest BCUT2D eigenvalue weighted by molar-refractivity contribution is 0.249. The minimum atomic E-state index is -3.98. The molecule has 0 saturated carbocycles. The third-order valence-electron chi connectivity index (χ3n) is 4.67. The van der Waals surface area contributed by atoms with Crippen LogP contribution >= 0.6 is 24.0 Å². The lowest BCUT2D eigenvalue weighted by atomic mass is 10.00. The number of fused-ring (bicyclic) bond motifs is 1. The molecule has 0 unspecified atom stereocenters. The van der Waals surface area contributed by atoms with E-state index in [4.69, 9.17) is 11.6 Å². The first-order valence-electron chi connectivity index (χ1n) is 8.80. The van der Waals surface area contributed by atoms with E-state index in [-0.39, 0.29) is 24.0 Å². The Morgan fingerprint density at radius 1 is 1.07 bits per heavy atom. The van der Waals surface area contributed by atoms with Crippen LogP contribution in [0.1, 0.15) is 24.0 Å². The standard InChI is InChI=1S/C19H21ClF2N2O2S.ClH/c20-16-11-17(21)18(22)12-19(16)27(25,26)23-8-3-4-9-24-10-7-14-5-1-2-6-15(14)13-24;/h1-2,5-6,11-12,23H,3-4,7-10,13H2;1H. The first-order chi connectivity index (χ1) is 12.9. The fourth-order valence-electron chi connectivity index (χ4n) is 3.20. The number of rotatable bonds is 7. The summed E-state index contributed by atoms with van der Waals surface area (Å²) >= 11 is 5.74. The second kappa shape index (κ2) is 9.98. The Kier molecular flexibility index (Phi) is 8.21. The van der Waals surface area contributed by atoms with Crippen LogP contribution in [0.5, 0.6) is 0 Å². The van der Waals surface area contributed by atoms with Crippen LogP contribution in [-0.4, -0.2) is 33.0 Å². The van der Waals surface area contributed by atoms with Crippen molar-refractivity contribution in [3.8, 4) is 0 Å². The number of sulfonamides is 1. The van der Waals surface area contributed by atoms with Gasteiger partial charge in [-0.1, -0.05) is 35.9 Å². The van der Waals surface area contributed by atoms with Gasteiger partial charge in [-0.3, -0.25) is 4.90 Å². The van der Waals surface area contributed by atoms with Crippen molar-refractivity contribution in [2.45, 2.75) is 30.7 Å². The predicted molar refractivity (Wildman–Crippen MR) is 108 cm³/mol. The van der Waals surface area contributed by atoms with Gasteiger partial charge >= 0.3 is 0 Å². The van der Waals surface area contributed by atoms with Gasteiger partial charge in [0.15, 0.2) is 11.6 Å². The zero-order valence-corrected chi connectivity index (χ0v) is 17.5. The molecule has 154 valence electrons. The summed E-state index contributed by atoms with van der Waals surface area (Å²) in [5.41, 5.74) is 2.74. The number of nitrogens with zero attached hydrogens (tertiary/aromatic N) is 1. The molecule has 0 spiro atoms. The Hall–Kier alpha value is -1.25. The highest BCUT2D eigenvalue weighted by Gasteiger charge is 2.21. The second-order valence-electron chi connectivity index (χ2n) is 6.60. The smallest absolute Gasteiger partial charge is 0.242 e. The monoisotopic (exact) mass is 450 g/mol. The summed E-state index contributed by atoms with van der Waals surface area (Å²) in [6.07, 6.45) is 2.49. The summed E-state index contributed by atoms with van der Waals surface area (Å²) in [7, 11) is -3.98. The summed E-state index contributed by atoms with van der Waals surface area (Å²) in [5, 5.41) is -0.339. The minimum Gasteiger partial charge on any atom is -0.299 e. The molecule has 28 heavy (non-hydrogen) atoms. The molecule has 0 aliphatic carbocycles. The maximum absolute atomic E-state index is 13.3. The highest BCUT2D eigenvalue weighted by Crippen LogP contribution is 2.24. The Morgan fingerprint density at radius 3 is 2.50 bits per heavy atom. The lowest BCUT2D eigenvalue weighted by Gasteiger charge is -2.28. The topological polar surface area (TPSA) is 49.4 Å². The molecule has 1 aliphatic heterocycles. The molecule has 1 N–H and O–H groups in total. The average Bonchev–Trinajstić information content (AvgIpc) is 2.64. The van der Waals surface area contributed by atoms with Crippen molar-refractivity contribution in [2.24, 2.45) is 0 Å². The van der Waals surface area contributed by atoms with Gasteiger partial charge in [0.2, 0.25) is 10.0 Å². The molecule has 0 amide bonds. The summed E-state index contributed by atoms with van der Waals surface area (Å²) in [5.74, 6) is -2.42. The molecule has 0 atom stereocenters. The van der Waals surface area contributed by atoms with E-state index < -0.39 is 26.6 Å². The number of halogens is 4. The Labute approximate surface area is 175 Å². The van der Waals surface area contributed by atoms with Gasteiger partial charge in [0.05, 0.1) is 5.02 Å². The average molecular weight is 451 g/mol. The van der Waals surface area contributed by atoms with Crippen LogP contribution in [0.25, 0.3) is 0 Å². The quantitative estimate of drug-likeness (QED) is 0.508. The Balaban J connectivity index is 0.00000280. The van der Waals surface area contributed by atoms with Crippen molar-refractivity contribution < 1.29 is 17.2 Å². The van der Waals surface area contributed by atoms with Crippen molar-refractivity contribution in [3.05, 3.63) is 64.2 Å². The van der Waals surface area contributed by atoms with Crippen molar-refractivity contribution in [3.63, 3.8) is 0 Å². The Bertz CT molecular complexity index is 926. The van der Waals surface area contributed by atoms with E-state index >= 15 is 0 Å². The number of unbranched alkanes of at least 4 members (excludes halogenated alkanes) is 1. The first-order valence-corrected chi connectivity index (χ1v) is 10.7. The number of benzene rings is 2. The molecule has 1 aliphatic rings. The maximum Gasteiger partial charge on any atom is 0.242 e. The number of nitrogens with one attached hydrogen (secondary N) is 1. The van der Waals surface area contributed by atoms with E-state index in [1.807, 2.05) is 6.07 Å². The molecule has 9 heteroatoms. The SMILES string of the molecule is Cl.O=S(=O)(NCCCCN1CCc2ccccc2C1)c1cc(F)c(F)cc1Cl. The first kappa shape index (κ1) is 23.0. The van der Waals surface area contributed by atoms with Gasteiger partial charge in [-0.25, -0.2) is 21.9 Å². The highest BCUT2D eigenvalue weighted by molar-refractivity contribution is 7.89. The van der Waals surface area contributed by atoms with Crippen LogP contribution in [0.2, 0.25) is 5.02 Å². The predicted octanol–water partition coefficient (Wildman–Crippen LogP) is 4.16. The van der Waals surface area contributed by atoms with Crippen LogP contribution in [0, 0.1) is 11.6 Å². The van der Waals surface area contributed by atoms with Gasteiger partial charge in [-0.05, 0) is 49.1 Å². The van der Waals surface area contributed by atoms with Gasteiger partial charge in [0.25, 0.3) is 0 Å². The summed E-state index contributed by atoms with van der Waals surface area (Å²) in [6.45, 7) is 2.99. The van der Waals surface area contributed by atoms with Gasteiger partial charge in [0, 0.05) is 19.6 Å². The van der Waals surface area contributed by atoms with Crippen molar-refractivity contribution in [2.75, 3.05) is 19.6 Å². The molecule has 0 aromatic heterocycles. The van der Waals surface area contributed by atoms with E-state index in [2.05, 4.69) is 27.8 Å². The van der Waals surface area contributed by atoms with Crippen LogP contribution in [0.3, 0.4) is 0 Å². The summed E-state index contributed by atoms with van der Waals surface area (Å²) < 4.78 is 53.2. The van der Waals surface area contributed by atoms with Crippen LogP contribution < -0.4 is 4.72 Å². The normalized spacial score (nSPS) is 14.4. The molecular weight excluding hydrogens is 429 g/mol. The number of hydrogen-bond acceptors (Lipinski definition) is 3. The lowest BCUT2D eigenvalue weighted by Crippen LogP contribution is -2.32. The summed E-state index contributed by atoms with van der Waals surface area (Å²) in [4.78, 5) is 1.90. The molecular formula is C19H22Cl2F2N2O2S. The third-order valence-corrected chi connectivity index (χ3v) is 6.59. The van der Waals surface area contributed by atoms with Crippen molar-refractivity contribution >= 4 is 34.0 Å². The maximum atomic E-state index is 13.3. The molecule has 0 radical (unpaired) electrons. The van der Waals surface area contributed by atoms with Gasteiger partial charge in [0.1, 0.15) is 4.90 Å². The molecule has 2 aromatic rings. The van der Waals surface area contributed by atoms with E-state index in [1.54, 1.807) is 0 Å². The fourth-order valence-corrected chi connectivity index (χ4v) is 4.80. The van der Waals surface area contributed by atoms with Crippen LogP contribution in [0.4, 0.5) is 8.78 Å². The molecule has 0 bridgehead atoms. The van der Waals surface area contributed by atoms with Crippen LogP contribution in [0.15, 0.2) is 41.3 Å². The molecule has 3 rings (SSSR count). The molecule has 1 heterocycles. The van der Waals surface area contributed by atoms with Gasteiger partial charge in [-0.2, -0.15) is 0 Å². The zero-order chi connectivity index (χ0) is 19.4. The van der Waals surface area contributed by atoms with Gasteiger partial charge < -0.3 is 0 Å². The van der Waals surface area contributed by atoms with Crippen molar-refractivity contribution in [1.82, 2.24) is 9.62 Å². The molecule has 0 fully saturated rings. The minimum absolute atomic E-state index is 0. The van der Waals surface area contributed by atoms with E-state index in [0.717, 1.165) is 32.5 Å². The Morgan fingerprint density at radius 2 is 1.75 bits per heavy atom. The zero-order valence-electron chi connectivity index (χ0n) is 15.1. The van der Waals surface area contributed by atoms with E-state index in [9.17, 15) is 17.2 Å². The molecule has 0 saturated heterocycles. The van der Waals surface area contributed by atoms with E-state index in [1.165, 1.54) is 11.1 Å². The van der Waals surface area contributed by atoms with Crippen molar-refractivity contribution in [1.29, 1.82) is 0 Å². The molecule has 4 nitrogen and oxygen atoms in total. The second-order valence-corrected chi connectivity index (χ2v) is 8.74. The number of hydrogen-bond donors (Lipinski definition) is 1.